The molecule has 6 nitrogen and oxygen atoms in total. The van der Waals surface area contributed by atoms with Crippen LogP contribution in [0.1, 0.15) is 67.6 Å². The fourth-order valence-corrected chi connectivity index (χ4v) is 4.46. The van der Waals surface area contributed by atoms with Crippen LogP contribution in [0.15, 0.2) is 6.20 Å². The van der Waals surface area contributed by atoms with Gasteiger partial charge in [0.2, 0.25) is 5.92 Å². The first-order chi connectivity index (χ1) is 13.0. The maximum Gasteiger partial charge on any atom is 0.251 e. The monoisotopic (exact) mass is 379 g/mol. The quantitative estimate of drug-likeness (QED) is 0.882. The number of ether oxygens (including phenoxy) is 1. The van der Waals surface area contributed by atoms with Crippen molar-refractivity contribution in [3.63, 3.8) is 0 Å². The Hall–Kier alpha value is -1.67. The number of hydrogen-bond acceptors (Lipinski definition) is 5. The number of hydrogen-bond donors (Lipinski definition) is 1. The molecule has 0 spiro atoms. The maximum atomic E-state index is 13.5. The summed E-state index contributed by atoms with van der Waals surface area (Å²) >= 11 is 0. The van der Waals surface area contributed by atoms with Crippen LogP contribution in [0.4, 0.5) is 8.78 Å². The van der Waals surface area contributed by atoms with E-state index in [4.69, 9.17) is 14.7 Å². The second-order valence-corrected chi connectivity index (χ2v) is 7.84. The number of imidazole rings is 1. The minimum absolute atomic E-state index is 0.0489. The van der Waals surface area contributed by atoms with Gasteiger partial charge in [-0.05, 0) is 45.6 Å². The van der Waals surface area contributed by atoms with Gasteiger partial charge in [0.05, 0.1) is 29.3 Å². The summed E-state index contributed by atoms with van der Waals surface area (Å²) in [6.45, 7) is 3.49. The average molecular weight is 379 g/mol. The predicted octanol–water partition coefficient (Wildman–Crippen LogP) is 3.41. The van der Waals surface area contributed by atoms with Crippen LogP contribution in [0, 0.1) is 12.8 Å². The van der Waals surface area contributed by atoms with E-state index in [9.17, 15) is 8.78 Å². The summed E-state index contributed by atoms with van der Waals surface area (Å²) in [7, 11) is 1.86. The number of nitrogens with zero attached hydrogens (tertiary/aromatic N) is 4. The Balaban J connectivity index is 1.60. The molecule has 2 aliphatic rings. The molecule has 0 radical (unpaired) electrons. The molecule has 2 aromatic heterocycles. The molecule has 3 heterocycles. The zero-order valence-corrected chi connectivity index (χ0v) is 15.9. The second-order valence-electron chi connectivity index (χ2n) is 7.84. The van der Waals surface area contributed by atoms with E-state index < -0.39 is 5.92 Å². The van der Waals surface area contributed by atoms with Crippen molar-refractivity contribution in [2.24, 2.45) is 5.92 Å². The summed E-state index contributed by atoms with van der Waals surface area (Å²) in [5.74, 6) is -1.43. The minimum Gasteiger partial charge on any atom is -0.381 e. The van der Waals surface area contributed by atoms with E-state index in [0.29, 0.717) is 24.5 Å². The highest BCUT2D eigenvalue weighted by molar-refractivity contribution is 5.33. The van der Waals surface area contributed by atoms with Gasteiger partial charge in [-0.3, -0.25) is 0 Å². The second kappa shape index (κ2) is 7.39. The highest BCUT2D eigenvalue weighted by Crippen LogP contribution is 2.41. The van der Waals surface area contributed by atoms with Crippen LogP contribution in [0.2, 0.25) is 0 Å². The molecule has 27 heavy (non-hydrogen) atoms. The average Bonchev–Trinajstić information content (AvgIpc) is 3.06. The van der Waals surface area contributed by atoms with E-state index in [1.807, 2.05) is 20.2 Å². The smallest absolute Gasteiger partial charge is 0.251 e. The standard InChI is InChI=1S/C19H27F2N5O/c1-12-16(14-5-9-27-10-6-14)24-18-23-15(11-26(18)25-12)17(22-2)13-3-7-19(20,21)8-4-13/h11,13-14,17,22H,3-10H2,1-2H3. The van der Waals surface area contributed by atoms with E-state index in [-0.39, 0.29) is 24.8 Å². The summed E-state index contributed by atoms with van der Waals surface area (Å²) in [5, 5.41) is 7.94. The van der Waals surface area contributed by atoms with Crippen LogP contribution in [0.5, 0.6) is 0 Å². The Bertz CT molecular complexity index is 793. The molecular weight excluding hydrogens is 352 g/mol. The minimum atomic E-state index is -2.52. The van der Waals surface area contributed by atoms with Crippen LogP contribution in [0.3, 0.4) is 0 Å². The number of nitrogens with one attached hydrogen (secondary N) is 1. The van der Waals surface area contributed by atoms with Crippen molar-refractivity contribution in [1.29, 1.82) is 0 Å². The Morgan fingerprint density at radius 3 is 2.56 bits per heavy atom. The molecule has 1 saturated carbocycles. The first-order valence-electron chi connectivity index (χ1n) is 9.83. The molecule has 4 rings (SSSR count). The van der Waals surface area contributed by atoms with Gasteiger partial charge in [-0.15, -0.1) is 0 Å². The van der Waals surface area contributed by atoms with Crippen LogP contribution < -0.4 is 5.32 Å². The highest BCUT2D eigenvalue weighted by Gasteiger charge is 2.38. The van der Waals surface area contributed by atoms with Crippen molar-refractivity contribution in [3.05, 3.63) is 23.3 Å². The van der Waals surface area contributed by atoms with Gasteiger partial charge in [0.1, 0.15) is 0 Å². The Kier molecular flexibility index (Phi) is 5.11. The maximum absolute atomic E-state index is 13.5. The molecule has 2 fully saturated rings. The molecule has 1 unspecified atom stereocenters. The van der Waals surface area contributed by atoms with Crippen LogP contribution in [-0.2, 0) is 4.74 Å². The lowest BCUT2D eigenvalue weighted by Crippen LogP contribution is -2.32. The van der Waals surface area contributed by atoms with E-state index >= 15 is 0 Å². The van der Waals surface area contributed by atoms with Gasteiger partial charge in [-0.2, -0.15) is 5.10 Å². The molecule has 1 aliphatic carbocycles. The fourth-order valence-electron chi connectivity index (χ4n) is 4.46. The van der Waals surface area contributed by atoms with E-state index in [1.165, 1.54) is 0 Å². The zero-order chi connectivity index (χ0) is 19.0. The van der Waals surface area contributed by atoms with Gasteiger partial charge >= 0.3 is 0 Å². The molecule has 0 aromatic carbocycles. The Morgan fingerprint density at radius 2 is 1.89 bits per heavy atom. The van der Waals surface area contributed by atoms with Gasteiger partial charge < -0.3 is 10.1 Å². The number of aryl methyl sites for hydroxylation is 1. The van der Waals surface area contributed by atoms with Gasteiger partial charge in [-0.25, -0.2) is 23.3 Å². The molecule has 1 aliphatic heterocycles. The lowest BCUT2D eigenvalue weighted by atomic mass is 9.81. The molecule has 1 N–H and O–H groups in total. The molecule has 0 bridgehead atoms. The van der Waals surface area contributed by atoms with E-state index in [2.05, 4.69) is 10.4 Å². The summed E-state index contributed by atoms with van der Waals surface area (Å²) in [5.41, 5.74) is 2.74. The zero-order valence-electron chi connectivity index (χ0n) is 15.9. The van der Waals surface area contributed by atoms with Gasteiger partial charge in [0.15, 0.2) is 0 Å². The third-order valence-corrected chi connectivity index (χ3v) is 6.01. The van der Waals surface area contributed by atoms with E-state index in [1.54, 1.807) is 4.52 Å². The summed E-state index contributed by atoms with van der Waals surface area (Å²) in [4.78, 5) is 9.49. The Morgan fingerprint density at radius 1 is 1.19 bits per heavy atom. The predicted molar refractivity (Wildman–Crippen MR) is 97.0 cm³/mol. The van der Waals surface area contributed by atoms with Crippen molar-refractivity contribution in [1.82, 2.24) is 24.9 Å². The van der Waals surface area contributed by atoms with Crippen LogP contribution >= 0.6 is 0 Å². The SMILES string of the molecule is CNC(c1cn2nc(C)c(C3CCOCC3)nc2n1)C1CCC(F)(F)CC1. The van der Waals surface area contributed by atoms with Gasteiger partial charge in [-0.1, -0.05) is 0 Å². The first kappa shape index (κ1) is 18.7. The van der Waals surface area contributed by atoms with Crippen LogP contribution in [-0.4, -0.2) is 45.8 Å². The van der Waals surface area contributed by atoms with Crippen molar-refractivity contribution < 1.29 is 13.5 Å². The normalized spacial score (nSPS) is 23.0. The largest absolute Gasteiger partial charge is 0.381 e. The third-order valence-electron chi connectivity index (χ3n) is 6.01. The van der Waals surface area contributed by atoms with E-state index in [0.717, 1.165) is 43.1 Å². The van der Waals surface area contributed by atoms with Crippen LogP contribution in [0.25, 0.3) is 5.78 Å². The summed E-state index contributed by atoms with van der Waals surface area (Å²) in [6, 6.07) is -0.0589. The third kappa shape index (κ3) is 3.82. The van der Waals surface area contributed by atoms with Crippen molar-refractivity contribution in [3.8, 4) is 0 Å². The van der Waals surface area contributed by atoms with Gasteiger partial charge in [0.25, 0.3) is 5.78 Å². The number of rotatable bonds is 4. The molecule has 0 amide bonds. The molecule has 2 aromatic rings. The highest BCUT2D eigenvalue weighted by atomic mass is 19.3. The van der Waals surface area contributed by atoms with Crippen molar-refractivity contribution in [2.45, 2.75) is 63.3 Å². The summed E-state index contributed by atoms with van der Waals surface area (Å²) < 4.78 is 34.2. The lowest BCUT2D eigenvalue weighted by Gasteiger charge is -2.32. The lowest BCUT2D eigenvalue weighted by molar-refractivity contribution is -0.0496. The molecule has 8 heteroatoms. The fraction of sp³-hybridized carbons (Fsp3) is 0.737. The summed E-state index contributed by atoms with van der Waals surface area (Å²) in [6.07, 6.45) is 4.69. The number of alkyl halides is 2. The van der Waals surface area contributed by atoms with Crippen molar-refractivity contribution in [2.75, 3.05) is 20.3 Å². The first-order valence-corrected chi connectivity index (χ1v) is 9.83. The van der Waals surface area contributed by atoms with Gasteiger partial charge in [0, 0.05) is 32.0 Å². The molecule has 1 saturated heterocycles. The molecular formula is C19H27F2N5O. The number of halogens is 2. The Labute approximate surface area is 157 Å². The van der Waals surface area contributed by atoms with Crippen molar-refractivity contribution >= 4 is 5.78 Å². The topological polar surface area (TPSA) is 64.3 Å². The number of aromatic nitrogens is 4. The number of fused-ring (bicyclic) bond motifs is 1. The molecule has 148 valence electrons. The molecule has 1 atom stereocenters.